The number of hydrogen-bond acceptors (Lipinski definition) is 3. The highest BCUT2D eigenvalue weighted by atomic mass is 16.2. The Hall–Kier alpha value is -1.57. The molecule has 0 aromatic carbocycles. The highest BCUT2D eigenvalue weighted by molar-refractivity contribution is 5.84. The summed E-state index contributed by atoms with van der Waals surface area (Å²) in [5, 5.41) is 14.1. The number of amides is 2. The van der Waals surface area contributed by atoms with Crippen molar-refractivity contribution in [2.75, 3.05) is 6.54 Å². The van der Waals surface area contributed by atoms with E-state index in [0.29, 0.717) is 19.4 Å². The minimum absolute atomic E-state index is 0.0516. The Morgan fingerprint density at radius 1 is 1.80 bits per heavy atom. The van der Waals surface area contributed by atoms with E-state index in [-0.39, 0.29) is 17.9 Å². The van der Waals surface area contributed by atoms with Crippen LogP contribution in [0, 0.1) is 17.2 Å². The summed E-state index contributed by atoms with van der Waals surface area (Å²) in [6.45, 7) is 2.40. The molecule has 2 amide bonds. The van der Waals surface area contributed by atoms with Crippen LogP contribution in [-0.4, -0.2) is 24.4 Å². The van der Waals surface area contributed by atoms with E-state index >= 15 is 0 Å². The largest absolute Gasteiger partial charge is 0.354 e. The lowest BCUT2D eigenvalue weighted by atomic mass is 10.0. The Bertz CT molecular complexity index is 296. The van der Waals surface area contributed by atoms with Gasteiger partial charge in [0.15, 0.2) is 0 Å². The molecule has 2 unspecified atom stereocenters. The minimum Gasteiger partial charge on any atom is -0.354 e. The van der Waals surface area contributed by atoms with Crippen LogP contribution in [-0.2, 0) is 9.59 Å². The van der Waals surface area contributed by atoms with Gasteiger partial charge in [0.1, 0.15) is 5.92 Å². The quantitative estimate of drug-likeness (QED) is 0.680. The van der Waals surface area contributed by atoms with Crippen molar-refractivity contribution in [3.63, 3.8) is 0 Å². The van der Waals surface area contributed by atoms with Gasteiger partial charge in [0.25, 0.3) is 0 Å². The molecule has 0 aromatic rings. The van der Waals surface area contributed by atoms with Gasteiger partial charge < -0.3 is 10.6 Å². The summed E-state index contributed by atoms with van der Waals surface area (Å²) < 4.78 is 0. The molecular weight excluding hydrogens is 194 g/mol. The van der Waals surface area contributed by atoms with Crippen LogP contribution >= 0.6 is 0 Å². The van der Waals surface area contributed by atoms with Crippen molar-refractivity contribution in [2.45, 2.75) is 32.2 Å². The van der Waals surface area contributed by atoms with Crippen molar-refractivity contribution in [3.8, 4) is 6.07 Å². The molecule has 0 aromatic heterocycles. The molecular formula is C10H15N3O2. The van der Waals surface area contributed by atoms with Gasteiger partial charge in [0.2, 0.25) is 11.8 Å². The molecule has 5 nitrogen and oxygen atoms in total. The average molecular weight is 209 g/mol. The van der Waals surface area contributed by atoms with E-state index in [2.05, 4.69) is 10.6 Å². The normalized spacial score (nSPS) is 21.6. The van der Waals surface area contributed by atoms with E-state index in [1.54, 1.807) is 0 Å². The maximum atomic E-state index is 11.6. The fraction of sp³-hybridized carbons (Fsp3) is 0.700. The van der Waals surface area contributed by atoms with E-state index in [9.17, 15) is 9.59 Å². The maximum absolute atomic E-state index is 11.6. The van der Waals surface area contributed by atoms with Gasteiger partial charge in [-0.15, -0.1) is 0 Å². The number of carbonyl (C=O) groups excluding carboxylic acids is 2. The Morgan fingerprint density at radius 3 is 3.00 bits per heavy atom. The predicted molar refractivity (Wildman–Crippen MR) is 53.6 cm³/mol. The van der Waals surface area contributed by atoms with Crippen molar-refractivity contribution < 1.29 is 9.59 Å². The van der Waals surface area contributed by atoms with Crippen LogP contribution in [0.4, 0.5) is 0 Å². The number of rotatable bonds is 4. The van der Waals surface area contributed by atoms with E-state index < -0.39 is 5.92 Å². The summed E-state index contributed by atoms with van der Waals surface area (Å²) in [7, 11) is 0. The van der Waals surface area contributed by atoms with E-state index in [1.807, 2.05) is 13.0 Å². The molecule has 0 spiro atoms. The van der Waals surface area contributed by atoms with Crippen LogP contribution in [0.5, 0.6) is 0 Å². The fourth-order valence-electron chi connectivity index (χ4n) is 1.55. The molecule has 0 bridgehead atoms. The summed E-state index contributed by atoms with van der Waals surface area (Å²) in [5.74, 6) is -0.907. The number of nitrogens with one attached hydrogen (secondary N) is 2. The highest BCUT2D eigenvalue weighted by Crippen LogP contribution is 2.07. The van der Waals surface area contributed by atoms with Crippen LogP contribution in [0.15, 0.2) is 0 Å². The van der Waals surface area contributed by atoms with Gasteiger partial charge in [-0.3, -0.25) is 9.59 Å². The second-order valence-electron chi connectivity index (χ2n) is 3.68. The molecule has 1 heterocycles. The predicted octanol–water partition coefficient (Wildman–Crippen LogP) is -0.0690. The Kier molecular flexibility index (Phi) is 4.10. The molecule has 2 atom stereocenters. The summed E-state index contributed by atoms with van der Waals surface area (Å²) in [6, 6.07) is 1.82. The zero-order chi connectivity index (χ0) is 11.3. The van der Waals surface area contributed by atoms with Crippen LogP contribution in [0.2, 0.25) is 0 Å². The summed E-state index contributed by atoms with van der Waals surface area (Å²) in [6.07, 6.45) is 1.68. The smallest absolute Gasteiger partial charge is 0.237 e. The Morgan fingerprint density at radius 2 is 2.53 bits per heavy atom. The standard InChI is InChI=1S/C10H15N3O2/c1-2-3-7(5-11)10(15)13-8-4-9(14)12-6-8/h7-8H,2-4,6H2,1H3,(H,12,14)(H,13,15). The molecule has 1 aliphatic heterocycles. The molecule has 2 N–H and O–H groups in total. The molecule has 82 valence electrons. The van der Waals surface area contributed by atoms with Crippen molar-refractivity contribution in [1.82, 2.24) is 10.6 Å². The SMILES string of the molecule is CCCC(C#N)C(=O)NC1CNC(=O)C1. The maximum Gasteiger partial charge on any atom is 0.237 e. The average Bonchev–Trinajstić information content (AvgIpc) is 2.60. The zero-order valence-electron chi connectivity index (χ0n) is 8.75. The third-order valence-corrected chi connectivity index (χ3v) is 2.37. The lowest BCUT2D eigenvalue weighted by molar-refractivity contribution is -0.124. The molecule has 0 radical (unpaired) electrons. The molecule has 0 saturated carbocycles. The van der Waals surface area contributed by atoms with E-state index in [1.165, 1.54) is 0 Å². The zero-order valence-corrected chi connectivity index (χ0v) is 8.75. The summed E-state index contributed by atoms with van der Waals surface area (Å²) in [4.78, 5) is 22.4. The molecule has 1 saturated heterocycles. The third-order valence-electron chi connectivity index (χ3n) is 2.37. The second-order valence-corrected chi connectivity index (χ2v) is 3.68. The van der Waals surface area contributed by atoms with Gasteiger partial charge in [-0.05, 0) is 6.42 Å². The van der Waals surface area contributed by atoms with Crippen LogP contribution < -0.4 is 10.6 Å². The summed E-state index contributed by atoms with van der Waals surface area (Å²) in [5.41, 5.74) is 0. The molecule has 15 heavy (non-hydrogen) atoms. The van der Waals surface area contributed by atoms with Gasteiger partial charge in [0.05, 0.1) is 12.1 Å². The third kappa shape index (κ3) is 3.24. The monoisotopic (exact) mass is 209 g/mol. The Labute approximate surface area is 88.8 Å². The Balaban J connectivity index is 2.40. The first-order valence-electron chi connectivity index (χ1n) is 5.14. The second kappa shape index (κ2) is 5.35. The van der Waals surface area contributed by atoms with E-state index in [4.69, 9.17) is 5.26 Å². The van der Waals surface area contributed by atoms with Crippen LogP contribution in [0.1, 0.15) is 26.2 Å². The van der Waals surface area contributed by atoms with Gasteiger partial charge in [-0.2, -0.15) is 5.26 Å². The molecule has 0 aliphatic carbocycles. The van der Waals surface area contributed by atoms with Crippen molar-refractivity contribution in [2.24, 2.45) is 5.92 Å². The molecule has 5 heteroatoms. The fourth-order valence-corrected chi connectivity index (χ4v) is 1.55. The topological polar surface area (TPSA) is 82.0 Å². The van der Waals surface area contributed by atoms with Crippen LogP contribution in [0.3, 0.4) is 0 Å². The lowest BCUT2D eigenvalue weighted by Gasteiger charge is -2.13. The van der Waals surface area contributed by atoms with Crippen molar-refractivity contribution in [3.05, 3.63) is 0 Å². The summed E-state index contributed by atoms with van der Waals surface area (Å²) >= 11 is 0. The van der Waals surface area contributed by atoms with Gasteiger partial charge in [-0.25, -0.2) is 0 Å². The van der Waals surface area contributed by atoms with Crippen molar-refractivity contribution in [1.29, 1.82) is 5.26 Å². The van der Waals surface area contributed by atoms with Gasteiger partial charge in [0, 0.05) is 13.0 Å². The van der Waals surface area contributed by atoms with Crippen LogP contribution in [0.25, 0.3) is 0 Å². The number of nitrogens with zero attached hydrogens (tertiary/aromatic N) is 1. The van der Waals surface area contributed by atoms with Gasteiger partial charge >= 0.3 is 0 Å². The van der Waals surface area contributed by atoms with Gasteiger partial charge in [-0.1, -0.05) is 13.3 Å². The number of hydrogen-bond donors (Lipinski definition) is 2. The number of nitriles is 1. The highest BCUT2D eigenvalue weighted by Gasteiger charge is 2.25. The molecule has 1 aliphatic rings. The molecule has 1 fully saturated rings. The van der Waals surface area contributed by atoms with E-state index in [0.717, 1.165) is 6.42 Å². The van der Waals surface area contributed by atoms with Crippen molar-refractivity contribution >= 4 is 11.8 Å². The minimum atomic E-state index is -0.592. The molecule has 1 rings (SSSR count). The first-order chi connectivity index (χ1) is 7.17. The first kappa shape index (κ1) is 11.5. The first-order valence-corrected chi connectivity index (χ1v) is 5.14. The lowest BCUT2D eigenvalue weighted by Crippen LogP contribution is -2.39. The number of carbonyl (C=O) groups is 2.